The molecule has 5 nitrogen and oxygen atoms in total. The third-order valence-corrected chi connectivity index (χ3v) is 3.03. The number of amides is 1. The highest BCUT2D eigenvalue weighted by atomic mass is 35.5. The van der Waals surface area contributed by atoms with Gasteiger partial charge < -0.3 is 15.7 Å². The molecule has 0 spiro atoms. The van der Waals surface area contributed by atoms with Gasteiger partial charge in [-0.05, 0) is 30.3 Å². The minimum atomic E-state index is -1.21. The fourth-order valence-electron chi connectivity index (χ4n) is 1.78. The Bertz CT molecular complexity index is 722. The number of hydrogen-bond acceptors (Lipinski definition) is 3. The minimum Gasteiger partial charge on any atom is -0.478 e. The molecule has 2 aromatic rings. The summed E-state index contributed by atoms with van der Waals surface area (Å²) in [6.45, 7) is -0.206. The van der Waals surface area contributed by atoms with Crippen molar-refractivity contribution >= 4 is 34.9 Å². The van der Waals surface area contributed by atoms with Crippen molar-refractivity contribution in [3.8, 4) is 0 Å². The van der Waals surface area contributed by atoms with Gasteiger partial charge in [0.2, 0.25) is 5.91 Å². The van der Waals surface area contributed by atoms with E-state index in [-0.39, 0.29) is 28.5 Å². The Hall–Kier alpha value is -2.60. The van der Waals surface area contributed by atoms with E-state index in [0.717, 1.165) is 0 Å². The summed E-state index contributed by atoms with van der Waals surface area (Å²) in [6, 6.07) is 10.0. The molecule has 0 unspecified atom stereocenters. The Balaban J connectivity index is 2.04. The standard InChI is InChI=1S/C15H12ClFN2O3/c16-9-5-6-12(10(7-9)15(21)22)19-14(20)8-18-13-4-2-1-3-11(13)17/h1-7,18H,8H2,(H,19,20)(H,21,22). The van der Waals surface area contributed by atoms with Crippen LogP contribution < -0.4 is 10.6 Å². The fraction of sp³-hybridized carbons (Fsp3) is 0.0667. The number of hydrogen-bond donors (Lipinski definition) is 3. The van der Waals surface area contributed by atoms with Crippen LogP contribution in [0, 0.1) is 5.82 Å². The van der Waals surface area contributed by atoms with Gasteiger partial charge in [0.15, 0.2) is 0 Å². The zero-order valence-electron chi connectivity index (χ0n) is 11.3. The van der Waals surface area contributed by atoms with Gasteiger partial charge in [-0.2, -0.15) is 0 Å². The highest BCUT2D eigenvalue weighted by molar-refractivity contribution is 6.31. The van der Waals surface area contributed by atoms with Crippen LogP contribution in [0.25, 0.3) is 0 Å². The summed E-state index contributed by atoms with van der Waals surface area (Å²) in [6.07, 6.45) is 0. The Kier molecular flexibility index (Phi) is 4.95. The number of carboxylic acids is 1. The second kappa shape index (κ2) is 6.91. The first-order valence-electron chi connectivity index (χ1n) is 6.28. The van der Waals surface area contributed by atoms with Crippen molar-refractivity contribution in [2.24, 2.45) is 0 Å². The summed E-state index contributed by atoms with van der Waals surface area (Å²) in [4.78, 5) is 22.9. The summed E-state index contributed by atoms with van der Waals surface area (Å²) < 4.78 is 13.4. The largest absolute Gasteiger partial charge is 0.478 e. The molecule has 114 valence electrons. The third-order valence-electron chi connectivity index (χ3n) is 2.80. The monoisotopic (exact) mass is 322 g/mol. The van der Waals surface area contributed by atoms with Gasteiger partial charge in [-0.15, -0.1) is 0 Å². The van der Waals surface area contributed by atoms with Crippen molar-refractivity contribution < 1.29 is 19.1 Å². The van der Waals surface area contributed by atoms with Gasteiger partial charge >= 0.3 is 5.97 Å². The smallest absolute Gasteiger partial charge is 0.337 e. The van der Waals surface area contributed by atoms with E-state index in [1.54, 1.807) is 6.07 Å². The first-order valence-corrected chi connectivity index (χ1v) is 6.66. The number of carbonyl (C=O) groups excluding carboxylic acids is 1. The van der Waals surface area contributed by atoms with Gasteiger partial charge in [0, 0.05) is 5.02 Å². The lowest BCUT2D eigenvalue weighted by Crippen LogP contribution is -2.23. The number of benzene rings is 2. The number of halogens is 2. The molecule has 0 saturated carbocycles. The van der Waals surface area contributed by atoms with Gasteiger partial charge in [-0.25, -0.2) is 9.18 Å². The topological polar surface area (TPSA) is 78.4 Å². The minimum absolute atomic E-state index is 0.119. The molecule has 0 saturated heterocycles. The summed E-state index contributed by atoms with van der Waals surface area (Å²) in [7, 11) is 0. The van der Waals surface area contributed by atoms with E-state index in [4.69, 9.17) is 16.7 Å². The molecule has 2 rings (SSSR count). The predicted molar refractivity (Wildman–Crippen MR) is 81.9 cm³/mol. The van der Waals surface area contributed by atoms with Gasteiger partial charge in [-0.1, -0.05) is 23.7 Å². The molecule has 0 atom stereocenters. The predicted octanol–water partition coefficient (Wildman–Crippen LogP) is 3.23. The molecule has 0 aliphatic heterocycles. The summed E-state index contributed by atoms with van der Waals surface area (Å²) in [5.41, 5.74) is 0.191. The molecule has 1 amide bonds. The van der Waals surface area contributed by atoms with Crippen LogP contribution in [0.1, 0.15) is 10.4 Å². The average molecular weight is 323 g/mol. The van der Waals surface area contributed by atoms with Gasteiger partial charge in [-0.3, -0.25) is 4.79 Å². The second-order valence-corrected chi connectivity index (χ2v) is 4.81. The van der Waals surface area contributed by atoms with E-state index in [1.807, 2.05) is 0 Å². The van der Waals surface area contributed by atoms with Crippen LogP contribution in [0.4, 0.5) is 15.8 Å². The molecule has 0 fully saturated rings. The molecule has 0 aliphatic rings. The fourth-order valence-corrected chi connectivity index (χ4v) is 1.95. The lowest BCUT2D eigenvalue weighted by molar-refractivity contribution is -0.114. The van der Waals surface area contributed by atoms with E-state index in [2.05, 4.69) is 10.6 Å². The van der Waals surface area contributed by atoms with Crippen LogP contribution in [0.3, 0.4) is 0 Å². The molecular formula is C15H12ClFN2O3. The average Bonchev–Trinajstić information content (AvgIpc) is 2.48. The van der Waals surface area contributed by atoms with Gasteiger partial charge in [0.05, 0.1) is 23.5 Å². The first kappa shape index (κ1) is 15.8. The lowest BCUT2D eigenvalue weighted by atomic mass is 10.2. The first-order chi connectivity index (χ1) is 10.5. The number of aromatic carboxylic acids is 1. The maximum atomic E-state index is 13.4. The number of para-hydroxylation sites is 1. The number of carbonyl (C=O) groups is 2. The summed E-state index contributed by atoms with van der Waals surface area (Å²) in [5.74, 6) is -2.19. The molecule has 0 heterocycles. The summed E-state index contributed by atoms with van der Waals surface area (Å²) >= 11 is 5.73. The molecular weight excluding hydrogens is 311 g/mol. The molecule has 0 radical (unpaired) electrons. The quantitative estimate of drug-likeness (QED) is 0.789. The third kappa shape index (κ3) is 3.95. The zero-order valence-corrected chi connectivity index (χ0v) is 12.0. The SMILES string of the molecule is O=C(CNc1ccccc1F)Nc1ccc(Cl)cc1C(=O)O. The number of rotatable bonds is 5. The normalized spacial score (nSPS) is 10.1. The van der Waals surface area contributed by atoms with Crippen LogP contribution >= 0.6 is 11.6 Å². The molecule has 22 heavy (non-hydrogen) atoms. The van der Waals surface area contributed by atoms with Crippen molar-refractivity contribution in [1.82, 2.24) is 0 Å². The molecule has 7 heteroatoms. The van der Waals surface area contributed by atoms with Crippen molar-refractivity contribution in [1.29, 1.82) is 0 Å². The van der Waals surface area contributed by atoms with E-state index in [9.17, 15) is 14.0 Å². The van der Waals surface area contributed by atoms with Crippen LogP contribution in [-0.4, -0.2) is 23.5 Å². The van der Waals surface area contributed by atoms with Crippen molar-refractivity contribution in [3.63, 3.8) is 0 Å². The van der Waals surface area contributed by atoms with Crippen LogP contribution in [0.2, 0.25) is 5.02 Å². The molecule has 0 aromatic heterocycles. The lowest BCUT2D eigenvalue weighted by Gasteiger charge is -2.10. The highest BCUT2D eigenvalue weighted by Crippen LogP contribution is 2.20. The molecule has 0 bridgehead atoms. The van der Waals surface area contributed by atoms with Crippen molar-refractivity contribution in [2.75, 3.05) is 17.2 Å². The Morgan fingerprint density at radius 2 is 1.86 bits per heavy atom. The Morgan fingerprint density at radius 1 is 1.14 bits per heavy atom. The van der Waals surface area contributed by atoms with Crippen molar-refractivity contribution in [3.05, 3.63) is 58.9 Å². The number of nitrogens with one attached hydrogen (secondary N) is 2. The highest BCUT2D eigenvalue weighted by Gasteiger charge is 2.13. The van der Waals surface area contributed by atoms with E-state index < -0.39 is 17.7 Å². The number of carboxylic acid groups (broad SMARTS) is 1. The Labute approximate surface area is 130 Å². The van der Waals surface area contributed by atoms with Gasteiger partial charge in [0.25, 0.3) is 0 Å². The maximum Gasteiger partial charge on any atom is 0.337 e. The van der Waals surface area contributed by atoms with E-state index in [0.29, 0.717) is 0 Å². The summed E-state index contributed by atoms with van der Waals surface area (Å²) in [5, 5.41) is 14.4. The van der Waals surface area contributed by atoms with Crippen molar-refractivity contribution in [2.45, 2.75) is 0 Å². The zero-order chi connectivity index (χ0) is 16.1. The van der Waals surface area contributed by atoms with E-state index in [1.165, 1.54) is 36.4 Å². The van der Waals surface area contributed by atoms with Crippen LogP contribution in [0.15, 0.2) is 42.5 Å². The molecule has 3 N–H and O–H groups in total. The van der Waals surface area contributed by atoms with Crippen LogP contribution in [-0.2, 0) is 4.79 Å². The van der Waals surface area contributed by atoms with Gasteiger partial charge in [0.1, 0.15) is 5.82 Å². The molecule has 0 aliphatic carbocycles. The number of anilines is 2. The molecule has 2 aromatic carbocycles. The maximum absolute atomic E-state index is 13.4. The van der Waals surface area contributed by atoms with Crippen LogP contribution in [0.5, 0.6) is 0 Å². The van der Waals surface area contributed by atoms with E-state index >= 15 is 0 Å². The Morgan fingerprint density at radius 3 is 2.55 bits per heavy atom. The second-order valence-electron chi connectivity index (χ2n) is 4.38.